The number of ether oxygens (including phenoxy) is 2. The van der Waals surface area contributed by atoms with Crippen LogP contribution in [0.15, 0.2) is 70.5 Å². The summed E-state index contributed by atoms with van der Waals surface area (Å²) in [5.41, 5.74) is 0.987. The third kappa shape index (κ3) is 5.39. The van der Waals surface area contributed by atoms with Crippen LogP contribution in [0.4, 0.5) is 15.8 Å². The first-order valence-corrected chi connectivity index (χ1v) is 14.8. The normalized spacial score (nSPS) is 14.8. The third-order valence-electron chi connectivity index (χ3n) is 6.35. The molecule has 0 saturated carbocycles. The predicted molar refractivity (Wildman–Crippen MR) is 144 cm³/mol. The van der Waals surface area contributed by atoms with E-state index in [0.29, 0.717) is 22.9 Å². The maximum Gasteiger partial charge on any atom is 0.264 e. The summed E-state index contributed by atoms with van der Waals surface area (Å²) in [6.45, 7) is 0.817. The van der Waals surface area contributed by atoms with Crippen molar-refractivity contribution in [1.82, 2.24) is 4.31 Å². The molecule has 0 amide bonds. The minimum absolute atomic E-state index is 0.0580. The quantitative estimate of drug-likeness (QED) is 0.398. The van der Waals surface area contributed by atoms with E-state index in [1.807, 2.05) is 4.90 Å². The van der Waals surface area contributed by atoms with Crippen molar-refractivity contribution in [1.29, 1.82) is 0 Å². The van der Waals surface area contributed by atoms with E-state index in [4.69, 9.17) is 21.1 Å². The molecule has 3 aromatic carbocycles. The molecule has 1 heterocycles. The minimum Gasteiger partial charge on any atom is -0.497 e. The summed E-state index contributed by atoms with van der Waals surface area (Å²) in [5, 5.41) is -0.271. The average Bonchev–Trinajstić information content (AvgIpc) is 2.93. The average molecular weight is 584 g/mol. The first kappa shape index (κ1) is 28.0. The Morgan fingerprint density at radius 2 is 1.47 bits per heavy atom. The molecule has 9 nitrogen and oxygen atoms in total. The van der Waals surface area contributed by atoms with Crippen LogP contribution in [0.3, 0.4) is 0 Å². The maximum atomic E-state index is 13.5. The summed E-state index contributed by atoms with van der Waals surface area (Å²) in [6, 6.07) is 14.5. The van der Waals surface area contributed by atoms with E-state index in [2.05, 4.69) is 0 Å². The third-order valence-corrected chi connectivity index (χ3v) is 10.3. The lowest BCUT2D eigenvalue weighted by atomic mass is 10.2. The molecule has 0 aromatic heterocycles. The SMILES string of the molecule is COc1ccc(N(C)S(=O)(=O)c2ccc(OC)c(N3CCN(S(=O)(=O)c4ccc(F)c(Cl)c4)CC3)c2)cc1. The fourth-order valence-corrected chi connectivity index (χ4v) is 7.03. The minimum atomic E-state index is -3.91. The number of nitrogens with zero attached hydrogens (tertiary/aromatic N) is 3. The molecule has 0 radical (unpaired) electrons. The number of rotatable bonds is 8. The Balaban J connectivity index is 1.56. The van der Waals surface area contributed by atoms with Crippen molar-refractivity contribution in [3.63, 3.8) is 0 Å². The summed E-state index contributed by atoms with van der Waals surface area (Å²) in [4.78, 5) is 1.83. The van der Waals surface area contributed by atoms with Crippen LogP contribution in [-0.2, 0) is 20.0 Å². The smallest absolute Gasteiger partial charge is 0.264 e. The first-order valence-electron chi connectivity index (χ1n) is 11.5. The second kappa shape index (κ2) is 11.0. The molecule has 0 N–H and O–H groups in total. The van der Waals surface area contributed by atoms with Crippen molar-refractivity contribution >= 4 is 43.0 Å². The van der Waals surface area contributed by atoms with Crippen molar-refractivity contribution in [3.8, 4) is 11.5 Å². The van der Waals surface area contributed by atoms with Gasteiger partial charge in [0.2, 0.25) is 10.0 Å². The van der Waals surface area contributed by atoms with Crippen LogP contribution in [0.5, 0.6) is 11.5 Å². The molecule has 0 unspecified atom stereocenters. The molecular formula is C25H27ClFN3O6S2. The van der Waals surface area contributed by atoms with Gasteiger partial charge in [0.1, 0.15) is 17.3 Å². The predicted octanol–water partition coefficient (Wildman–Crippen LogP) is 3.83. The highest BCUT2D eigenvalue weighted by molar-refractivity contribution is 7.92. The largest absolute Gasteiger partial charge is 0.497 e. The maximum absolute atomic E-state index is 13.5. The molecule has 13 heteroatoms. The Morgan fingerprint density at radius 1 is 0.842 bits per heavy atom. The van der Waals surface area contributed by atoms with E-state index < -0.39 is 25.9 Å². The Labute approximate surface area is 227 Å². The molecule has 38 heavy (non-hydrogen) atoms. The molecule has 1 aliphatic heterocycles. The molecule has 1 saturated heterocycles. The zero-order valence-electron chi connectivity index (χ0n) is 21.0. The van der Waals surface area contributed by atoms with Gasteiger partial charge in [-0.25, -0.2) is 21.2 Å². The van der Waals surface area contributed by atoms with E-state index in [1.54, 1.807) is 30.3 Å². The lowest BCUT2D eigenvalue weighted by Gasteiger charge is -2.36. The number of sulfonamides is 2. The molecule has 0 spiro atoms. The second-order valence-electron chi connectivity index (χ2n) is 8.47. The molecule has 0 atom stereocenters. The van der Waals surface area contributed by atoms with Crippen LogP contribution in [0.1, 0.15) is 0 Å². The van der Waals surface area contributed by atoms with Gasteiger partial charge < -0.3 is 14.4 Å². The van der Waals surface area contributed by atoms with E-state index in [0.717, 1.165) is 12.1 Å². The fourth-order valence-electron chi connectivity index (χ4n) is 4.12. The van der Waals surface area contributed by atoms with E-state index >= 15 is 0 Å². The van der Waals surface area contributed by atoms with Crippen LogP contribution < -0.4 is 18.7 Å². The van der Waals surface area contributed by atoms with Gasteiger partial charge in [0.05, 0.1) is 40.4 Å². The van der Waals surface area contributed by atoms with Crippen molar-refractivity contribution in [3.05, 3.63) is 71.5 Å². The number of piperazine rings is 1. The van der Waals surface area contributed by atoms with Crippen LogP contribution in [0.2, 0.25) is 5.02 Å². The lowest BCUT2D eigenvalue weighted by molar-refractivity contribution is 0.378. The van der Waals surface area contributed by atoms with Gasteiger partial charge in [0.15, 0.2) is 0 Å². The highest BCUT2D eigenvalue weighted by atomic mass is 35.5. The molecule has 0 bridgehead atoms. The van der Waals surface area contributed by atoms with Crippen molar-refractivity contribution in [2.24, 2.45) is 0 Å². The van der Waals surface area contributed by atoms with E-state index in [-0.39, 0.29) is 41.0 Å². The molecule has 3 aromatic rings. The monoisotopic (exact) mass is 583 g/mol. The molecule has 204 valence electrons. The van der Waals surface area contributed by atoms with Crippen LogP contribution >= 0.6 is 11.6 Å². The van der Waals surface area contributed by atoms with Crippen molar-refractivity contribution in [2.75, 3.05) is 56.7 Å². The zero-order valence-corrected chi connectivity index (χ0v) is 23.4. The Bertz CT molecular complexity index is 1530. The summed E-state index contributed by atoms with van der Waals surface area (Å²) >= 11 is 5.78. The Hall–Kier alpha value is -3.06. The van der Waals surface area contributed by atoms with Crippen LogP contribution in [-0.4, -0.2) is 68.6 Å². The number of benzene rings is 3. The van der Waals surface area contributed by atoms with Crippen LogP contribution in [0.25, 0.3) is 0 Å². The fraction of sp³-hybridized carbons (Fsp3) is 0.280. The van der Waals surface area contributed by atoms with Gasteiger partial charge in [-0.15, -0.1) is 0 Å². The number of anilines is 2. The van der Waals surface area contributed by atoms with Gasteiger partial charge in [0, 0.05) is 33.2 Å². The Morgan fingerprint density at radius 3 is 2.05 bits per heavy atom. The van der Waals surface area contributed by atoms with Gasteiger partial charge in [0.25, 0.3) is 10.0 Å². The van der Waals surface area contributed by atoms with Gasteiger partial charge in [-0.05, 0) is 60.7 Å². The molecule has 1 aliphatic rings. The molecular weight excluding hydrogens is 557 g/mol. The standard InChI is InChI=1S/C25H27ClFN3O6S2/c1-28(18-4-6-19(35-2)7-5-18)37(31,32)21-9-11-25(36-3)24(17-21)29-12-14-30(15-13-29)38(33,34)20-8-10-23(27)22(26)16-20/h4-11,16-17H,12-15H2,1-3H3. The lowest BCUT2D eigenvalue weighted by Crippen LogP contribution is -2.48. The number of methoxy groups -OCH3 is 2. The first-order chi connectivity index (χ1) is 18.0. The number of hydrogen-bond acceptors (Lipinski definition) is 7. The van der Waals surface area contributed by atoms with Crippen molar-refractivity contribution < 1.29 is 30.7 Å². The van der Waals surface area contributed by atoms with Gasteiger partial charge in [-0.3, -0.25) is 4.31 Å². The van der Waals surface area contributed by atoms with Gasteiger partial charge >= 0.3 is 0 Å². The zero-order chi connectivity index (χ0) is 27.7. The topological polar surface area (TPSA) is 96.5 Å². The van der Waals surface area contributed by atoms with E-state index in [1.165, 1.54) is 48.1 Å². The molecule has 1 fully saturated rings. The van der Waals surface area contributed by atoms with E-state index in [9.17, 15) is 21.2 Å². The molecule has 0 aliphatic carbocycles. The summed E-state index contributed by atoms with van der Waals surface area (Å²) in [5.74, 6) is 0.364. The Kier molecular flexibility index (Phi) is 8.07. The van der Waals surface area contributed by atoms with Crippen molar-refractivity contribution in [2.45, 2.75) is 9.79 Å². The number of hydrogen-bond donors (Lipinski definition) is 0. The summed E-state index contributed by atoms with van der Waals surface area (Å²) in [7, 11) is -3.33. The van der Waals surface area contributed by atoms with Gasteiger partial charge in [-0.1, -0.05) is 11.6 Å². The molecule has 4 rings (SSSR count). The highest BCUT2D eigenvalue weighted by Crippen LogP contribution is 2.34. The summed E-state index contributed by atoms with van der Waals surface area (Å²) < 4.78 is 79.6. The van der Waals surface area contributed by atoms with Crippen LogP contribution in [0, 0.1) is 5.82 Å². The number of halogens is 2. The summed E-state index contributed by atoms with van der Waals surface area (Å²) in [6.07, 6.45) is 0. The second-order valence-corrected chi connectivity index (χ2v) is 12.8. The van der Waals surface area contributed by atoms with Gasteiger partial charge in [-0.2, -0.15) is 4.31 Å². The highest BCUT2D eigenvalue weighted by Gasteiger charge is 2.31.